The van der Waals surface area contributed by atoms with Gasteiger partial charge in [-0.25, -0.2) is 18.2 Å². The lowest BCUT2D eigenvalue weighted by Crippen LogP contribution is -2.33. The van der Waals surface area contributed by atoms with Crippen LogP contribution in [0.4, 0.5) is 0 Å². The van der Waals surface area contributed by atoms with Gasteiger partial charge in [0.15, 0.2) is 11.5 Å². The van der Waals surface area contributed by atoms with Gasteiger partial charge in [-0.3, -0.25) is 0 Å². The number of rotatable bonds is 7. The molecule has 1 aliphatic carbocycles. The van der Waals surface area contributed by atoms with Gasteiger partial charge in [-0.15, -0.1) is 0 Å². The Morgan fingerprint density at radius 3 is 2.72 bits per heavy atom. The average molecular weight is 366 g/mol. The second-order valence-electron chi connectivity index (χ2n) is 6.26. The molecule has 0 aliphatic heterocycles. The highest BCUT2D eigenvalue weighted by Gasteiger charge is 2.34. The molecule has 2 aromatic heterocycles. The van der Waals surface area contributed by atoms with Crippen LogP contribution in [0.5, 0.6) is 0 Å². The van der Waals surface area contributed by atoms with Crippen molar-refractivity contribution in [1.82, 2.24) is 19.8 Å². The molecule has 9 nitrogen and oxygen atoms in total. The zero-order chi connectivity index (χ0) is 18.2. The van der Waals surface area contributed by atoms with E-state index in [1.807, 2.05) is 0 Å². The Hall–Kier alpha value is -2.33. The Kier molecular flexibility index (Phi) is 4.56. The molecule has 2 N–H and O–H groups in total. The molecule has 0 bridgehead atoms. The number of carboxylic acid groups (broad SMARTS) is 1. The molecular weight excluding hydrogens is 348 g/mol. The van der Waals surface area contributed by atoms with Crippen molar-refractivity contribution in [3.8, 4) is 0 Å². The van der Waals surface area contributed by atoms with Crippen molar-refractivity contribution in [3.05, 3.63) is 35.7 Å². The molecule has 10 heteroatoms. The third kappa shape index (κ3) is 3.69. The minimum absolute atomic E-state index is 0.168. The summed E-state index contributed by atoms with van der Waals surface area (Å²) in [6, 6.07) is 1.79. The van der Waals surface area contributed by atoms with Gasteiger partial charge in [-0.05, 0) is 30.9 Å². The van der Waals surface area contributed by atoms with Crippen LogP contribution in [0.2, 0.25) is 0 Å². The fourth-order valence-electron chi connectivity index (χ4n) is 2.35. The molecule has 0 aromatic carbocycles. The maximum absolute atomic E-state index is 12.7. The first kappa shape index (κ1) is 17.5. The van der Waals surface area contributed by atoms with Crippen LogP contribution in [0.15, 0.2) is 27.7 Å². The van der Waals surface area contributed by atoms with E-state index >= 15 is 0 Å². The Bertz CT molecular complexity index is 889. The Morgan fingerprint density at radius 1 is 1.40 bits per heavy atom. The first-order valence-corrected chi connectivity index (χ1v) is 9.32. The number of hydrogen-bond acceptors (Lipinski definition) is 7. The Balaban J connectivity index is 1.92. The summed E-state index contributed by atoms with van der Waals surface area (Å²) in [6.45, 7) is 3.60. The van der Waals surface area contributed by atoms with Crippen molar-refractivity contribution in [3.63, 3.8) is 0 Å². The molecule has 1 atom stereocenters. The molecule has 0 radical (unpaired) electrons. The van der Waals surface area contributed by atoms with Gasteiger partial charge in [0.05, 0.1) is 0 Å². The Morgan fingerprint density at radius 2 is 2.12 bits per heavy atom. The second kappa shape index (κ2) is 6.52. The number of nitrogens with zero attached hydrogens (tertiary/aromatic N) is 3. The predicted molar refractivity (Wildman–Crippen MR) is 85.4 cm³/mol. The van der Waals surface area contributed by atoms with Crippen molar-refractivity contribution in [2.75, 3.05) is 0 Å². The van der Waals surface area contributed by atoms with Crippen LogP contribution in [-0.2, 0) is 10.0 Å². The normalized spacial score (nSPS) is 16.1. The summed E-state index contributed by atoms with van der Waals surface area (Å²) in [5.74, 6) is -0.587. The molecule has 1 fully saturated rings. The van der Waals surface area contributed by atoms with Gasteiger partial charge in [0.1, 0.15) is 10.9 Å². The molecule has 0 spiro atoms. The quantitative estimate of drug-likeness (QED) is 0.756. The van der Waals surface area contributed by atoms with Crippen LogP contribution in [-0.4, -0.2) is 34.6 Å². The molecule has 3 rings (SSSR count). The first-order chi connectivity index (χ1) is 11.8. The van der Waals surface area contributed by atoms with Gasteiger partial charge in [0.2, 0.25) is 15.9 Å². The number of carbonyl (C=O) groups is 1. The highest BCUT2D eigenvalue weighted by molar-refractivity contribution is 7.89. The van der Waals surface area contributed by atoms with Crippen LogP contribution in [0.3, 0.4) is 0 Å². The standard InChI is InChI=1S/C15H18N4O5S/c1-8(2)11(14-17-13(18-24-14)9-5-6-9)19-25(22,23)10-4-3-7-16-12(10)15(20)21/h3-4,7-9,11,19H,5-6H2,1-2H3,(H,20,21). The smallest absolute Gasteiger partial charge is 0.355 e. The number of nitrogens with one attached hydrogen (secondary N) is 1. The van der Waals surface area contributed by atoms with E-state index in [4.69, 9.17) is 9.63 Å². The van der Waals surface area contributed by atoms with Gasteiger partial charge in [0, 0.05) is 12.1 Å². The largest absolute Gasteiger partial charge is 0.476 e. The monoisotopic (exact) mass is 366 g/mol. The number of pyridine rings is 1. The van der Waals surface area contributed by atoms with Crippen molar-refractivity contribution in [2.45, 2.75) is 43.5 Å². The molecule has 1 aliphatic rings. The van der Waals surface area contributed by atoms with E-state index in [-0.39, 0.29) is 17.7 Å². The lowest BCUT2D eigenvalue weighted by atomic mass is 10.1. The fraction of sp³-hybridized carbons (Fsp3) is 0.467. The molecule has 2 aromatic rings. The van der Waals surface area contributed by atoms with Crippen molar-refractivity contribution >= 4 is 16.0 Å². The first-order valence-electron chi connectivity index (χ1n) is 7.83. The van der Waals surface area contributed by atoms with E-state index < -0.39 is 32.6 Å². The van der Waals surface area contributed by atoms with E-state index in [0.29, 0.717) is 5.82 Å². The lowest BCUT2D eigenvalue weighted by Gasteiger charge is -2.19. The summed E-state index contributed by atoms with van der Waals surface area (Å²) in [5, 5.41) is 13.1. The maximum atomic E-state index is 12.7. The zero-order valence-corrected chi connectivity index (χ0v) is 14.5. The van der Waals surface area contributed by atoms with Crippen molar-refractivity contribution in [2.24, 2.45) is 5.92 Å². The van der Waals surface area contributed by atoms with Gasteiger partial charge < -0.3 is 9.63 Å². The molecule has 2 heterocycles. The van der Waals surface area contributed by atoms with Gasteiger partial charge in [0.25, 0.3) is 0 Å². The summed E-state index contributed by atoms with van der Waals surface area (Å²) in [5.41, 5.74) is -0.540. The Labute approximate surface area is 144 Å². The van der Waals surface area contributed by atoms with E-state index in [9.17, 15) is 13.2 Å². The van der Waals surface area contributed by atoms with E-state index in [1.165, 1.54) is 18.3 Å². The number of aromatic carboxylic acids is 1. The van der Waals surface area contributed by atoms with Crippen molar-refractivity contribution in [1.29, 1.82) is 0 Å². The predicted octanol–water partition coefficient (Wildman–Crippen LogP) is 1.72. The van der Waals surface area contributed by atoms with Crippen LogP contribution in [0, 0.1) is 5.92 Å². The average Bonchev–Trinajstić information content (AvgIpc) is 3.30. The third-order valence-corrected chi connectivity index (χ3v) is 5.35. The molecule has 0 saturated heterocycles. The highest BCUT2D eigenvalue weighted by atomic mass is 32.2. The van der Waals surface area contributed by atoms with Crippen molar-refractivity contribution < 1.29 is 22.8 Å². The van der Waals surface area contributed by atoms with Crippen LogP contribution >= 0.6 is 0 Å². The summed E-state index contributed by atoms with van der Waals surface area (Å²) in [4.78, 5) is 18.8. The molecule has 25 heavy (non-hydrogen) atoms. The highest BCUT2D eigenvalue weighted by Crippen LogP contribution is 2.38. The van der Waals surface area contributed by atoms with Gasteiger partial charge in [-0.1, -0.05) is 19.0 Å². The molecule has 0 amide bonds. The van der Waals surface area contributed by atoms with Crippen LogP contribution in [0.1, 0.15) is 60.9 Å². The lowest BCUT2D eigenvalue weighted by molar-refractivity contribution is 0.0685. The number of sulfonamides is 1. The minimum Gasteiger partial charge on any atom is -0.476 e. The summed E-state index contributed by atoms with van der Waals surface area (Å²) in [7, 11) is -4.14. The maximum Gasteiger partial charge on any atom is 0.355 e. The molecule has 1 saturated carbocycles. The fourth-order valence-corrected chi connectivity index (χ4v) is 3.84. The van der Waals surface area contributed by atoms with E-state index in [1.54, 1.807) is 13.8 Å². The second-order valence-corrected chi connectivity index (χ2v) is 7.95. The van der Waals surface area contributed by atoms with E-state index in [0.717, 1.165) is 12.8 Å². The summed E-state index contributed by atoms with van der Waals surface area (Å²) in [6.07, 6.45) is 3.21. The zero-order valence-electron chi connectivity index (χ0n) is 13.7. The third-order valence-electron chi connectivity index (χ3n) is 3.88. The minimum atomic E-state index is -4.14. The van der Waals surface area contributed by atoms with Crippen LogP contribution < -0.4 is 4.72 Å². The number of aromatic nitrogens is 3. The number of hydrogen-bond donors (Lipinski definition) is 2. The van der Waals surface area contributed by atoms with Gasteiger partial charge in [-0.2, -0.15) is 9.71 Å². The SMILES string of the molecule is CC(C)C(NS(=O)(=O)c1cccnc1C(=O)O)c1nc(C2CC2)no1. The molecule has 1 unspecified atom stereocenters. The molecule has 134 valence electrons. The van der Waals surface area contributed by atoms with E-state index in [2.05, 4.69) is 19.8 Å². The van der Waals surface area contributed by atoms with Gasteiger partial charge >= 0.3 is 5.97 Å². The number of carboxylic acids is 1. The molecular formula is C15H18N4O5S. The summed E-state index contributed by atoms with van der Waals surface area (Å²) < 4.78 is 33.1. The van der Waals surface area contributed by atoms with Crippen LogP contribution in [0.25, 0.3) is 0 Å². The topological polar surface area (TPSA) is 135 Å². The summed E-state index contributed by atoms with van der Waals surface area (Å²) >= 11 is 0.